The maximum Gasteiger partial charge on any atom is 0.0456 e. The number of benzene rings is 1. The van der Waals surface area contributed by atoms with E-state index in [-0.39, 0.29) is 0 Å². The lowest BCUT2D eigenvalue weighted by Gasteiger charge is -1.95. The summed E-state index contributed by atoms with van der Waals surface area (Å²) < 4.78 is 0. The molecule has 0 aromatic heterocycles. The third-order valence-electron chi connectivity index (χ3n) is 1.11. The van der Waals surface area contributed by atoms with E-state index in [0.717, 1.165) is 5.56 Å². The molecule has 0 spiro atoms. The molecule has 0 aliphatic carbocycles. The molecule has 0 saturated carbocycles. The molecule has 0 aliphatic heterocycles. The molecule has 0 fully saturated rings. The van der Waals surface area contributed by atoms with Crippen LogP contribution in [0.3, 0.4) is 0 Å². The summed E-state index contributed by atoms with van der Waals surface area (Å²) in [5.74, 6) is 0. The quantitative estimate of drug-likeness (QED) is 0.549. The summed E-state index contributed by atoms with van der Waals surface area (Å²) in [6.45, 7) is 1.91. The van der Waals surface area contributed by atoms with E-state index < -0.39 is 0 Å². The predicted molar refractivity (Wildman–Crippen MR) is 39.4 cm³/mol. The number of hydrogen-bond donors (Lipinski definition) is 1. The van der Waals surface area contributed by atoms with Gasteiger partial charge in [0.15, 0.2) is 0 Å². The summed E-state index contributed by atoms with van der Waals surface area (Å²) in [5, 5.41) is 0.700. The molecule has 1 rings (SSSR count). The van der Waals surface area contributed by atoms with Crippen LogP contribution in [0.2, 0.25) is 5.02 Å². The molecular formula is C7H7ClN. The van der Waals surface area contributed by atoms with Crippen molar-refractivity contribution in [3.8, 4) is 0 Å². The second kappa shape index (κ2) is 2.28. The molecule has 0 amide bonds. The summed E-state index contributed by atoms with van der Waals surface area (Å²) >= 11 is 5.71. The third-order valence-corrected chi connectivity index (χ3v) is 1.52. The zero-order chi connectivity index (χ0) is 6.85. The molecule has 9 heavy (non-hydrogen) atoms. The molecule has 1 radical (unpaired) electrons. The number of nitrogen functional groups attached to an aromatic ring is 1. The van der Waals surface area contributed by atoms with Crippen LogP contribution in [0.1, 0.15) is 5.56 Å². The van der Waals surface area contributed by atoms with Gasteiger partial charge in [0, 0.05) is 16.8 Å². The molecule has 0 unspecified atom stereocenters. The molecule has 1 aromatic carbocycles. The average molecular weight is 141 g/mol. The maximum atomic E-state index is 5.71. The van der Waals surface area contributed by atoms with Crippen molar-refractivity contribution < 1.29 is 0 Å². The normalized spacial score (nSPS) is 9.56. The van der Waals surface area contributed by atoms with E-state index in [1.807, 2.05) is 6.92 Å². The first kappa shape index (κ1) is 6.43. The van der Waals surface area contributed by atoms with Crippen LogP contribution in [0, 0.1) is 13.0 Å². The Bertz CT molecular complexity index is 220. The van der Waals surface area contributed by atoms with Gasteiger partial charge in [-0.1, -0.05) is 11.6 Å². The molecule has 0 saturated heterocycles. The average Bonchev–Trinajstić information content (AvgIpc) is 1.80. The van der Waals surface area contributed by atoms with Gasteiger partial charge in [0.2, 0.25) is 0 Å². The topological polar surface area (TPSA) is 26.0 Å². The van der Waals surface area contributed by atoms with Crippen molar-refractivity contribution >= 4 is 17.3 Å². The number of nitrogens with two attached hydrogens (primary N) is 1. The molecule has 0 aliphatic rings. The highest BCUT2D eigenvalue weighted by Crippen LogP contribution is 2.16. The van der Waals surface area contributed by atoms with E-state index >= 15 is 0 Å². The van der Waals surface area contributed by atoms with Gasteiger partial charge in [-0.05, 0) is 24.6 Å². The zero-order valence-corrected chi connectivity index (χ0v) is 5.87. The molecule has 2 heteroatoms. The molecule has 47 valence electrons. The summed E-state index contributed by atoms with van der Waals surface area (Å²) in [7, 11) is 0. The maximum absolute atomic E-state index is 5.71. The Morgan fingerprint density at radius 1 is 1.67 bits per heavy atom. The second-order valence-electron chi connectivity index (χ2n) is 1.92. The first-order valence-corrected chi connectivity index (χ1v) is 3.01. The van der Waals surface area contributed by atoms with Crippen molar-refractivity contribution in [2.75, 3.05) is 5.73 Å². The Kier molecular flexibility index (Phi) is 1.63. The molecule has 0 atom stereocenters. The van der Waals surface area contributed by atoms with Crippen LogP contribution in [0.5, 0.6) is 0 Å². The van der Waals surface area contributed by atoms with Crippen molar-refractivity contribution in [3.63, 3.8) is 0 Å². The van der Waals surface area contributed by atoms with Crippen LogP contribution in [0.25, 0.3) is 0 Å². The van der Waals surface area contributed by atoms with Crippen LogP contribution in [-0.4, -0.2) is 0 Å². The summed E-state index contributed by atoms with van der Waals surface area (Å²) in [4.78, 5) is 0. The van der Waals surface area contributed by atoms with Gasteiger partial charge in [0.05, 0.1) is 0 Å². The van der Waals surface area contributed by atoms with Gasteiger partial charge >= 0.3 is 0 Å². The monoisotopic (exact) mass is 140 g/mol. The molecule has 0 bridgehead atoms. The smallest absolute Gasteiger partial charge is 0.0456 e. The van der Waals surface area contributed by atoms with Crippen LogP contribution >= 0.6 is 11.6 Å². The second-order valence-corrected chi connectivity index (χ2v) is 2.33. The van der Waals surface area contributed by atoms with Crippen LogP contribution < -0.4 is 5.73 Å². The summed E-state index contributed by atoms with van der Waals surface area (Å²) in [6, 6.07) is 6.30. The number of anilines is 1. The minimum atomic E-state index is 0.589. The molecule has 2 N–H and O–H groups in total. The van der Waals surface area contributed by atoms with Crippen LogP contribution in [-0.2, 0) is 0 Å². The molecule has 1 aromatic rings. The lowest BCUT2D eigenvalue weighted by molar-refractivity contribution is 1.47. The minimum Gasteiger partial charge on any atom is -0.398 e. The van der Waals surface area contributed by atoms with E-state index in [2.05, 4.69) is 6.07 Å². The minimum absolute atomic E-state index is 0.589. The fourth-order valence-corrected chi connectivity index (χ4v) is 0.725. The van der Waals surface area contributed by atoms with Crippen LogP contribution in [0.4, 0.5) is 5.69 Å². The predicted octanol–water partition coefficient (Wildman–Crippen LogP) is 2.03. The third kappa shape index (κ3) is 1.36. The van der Waals surface area contributed by atoms with E-state index in [1.54, 1.807) is 12.1 Å². The molecule has 0 heterocycles. The van der Waals surface area contributed by atoms with E-state index in [0.29, 0.717) is 10.7 Å². The van der Waals surface area contributed by atoms with Gasteiger partial charge in [0.25, 0.3) is 0 Å². The van der Waals surface area contributed by atoms with Gasteiger partial charge in [-0.15, -0.1) is 0 Å². The first-order chi connectivity index (χ1) is 4.20. The molecular weight excluding hydrogens is 134 g/mol. The highest BCUT2D eigenvalue weighted by molar-refractivity contribution is 6.31. The van der Waals surface area contributed by atoms with Crippen molar-refractivity contribution in [2.24, 2.45) is 0 Å². The number of rotatable bonds is 0. The van der Waals surface area contributed by atoms with Gasteiger partial charge in [0.1, 0.15) is 0 Å². The number of aryl methyl sites for hydroxylation is 1. The summed E-state index contributed by atoms with van der Waals surface area (Å²) in [6.07, 6.45) is 0. The Morgan fingerprint density at radius 3 is 2.78 bits per heavy atom. The fraction of sp³-hybridized carbons (Fsp3) is 0.143. The van der Waals surface area contributed by atoms with Crippen LogP contribution in [0.15, 0.2) is 12.1 Å². The SMILES string of the molecule is Cc1c[c]c(N)cc1Cl. The highest BCUT2D eigenvalue weighted by atomic mass is 35.5. The Balaban J connectivity index is 3.17. The van der Waals surface area contributed by atoms with E-state index in [9.17, 15) is 0 Å². The van der Waals surface area contributed by atoms with Gasteiger partial charge in [-0.2, -0.15) is 0 Å². The Morgan fingerprint density at radius 2 is 2.33 bits per heavy atom. The number of hydrogen-bond acceptors (Lipinski definition) is 1. The molecule has 1 nitrogen and oxygen atoms in total. The largest absolute Gasteiger partial charge is 0.398 e. The number of halogens is 1. The van der Waals surface area contributed by atoms with Gasteiger partial charge in [-0.25, -0.2) is 0 Å². The van der Waals surface area contributed by atoms with Crippen molar-refractivity contribution in [1.82, 2.24) is 0 Å². The van der Waals surface area contributed by atoms with Crippen molar-refractivity contribution in [1.29, 1.82) is 0 Å². The van der Waals surface area contributed by atoms with Crippen molar-refractivity contribution in [3.05, 3.63) is 28.8 Å². The van der Waals surface area contributed by atoms with Crippen molar-refractivity contribution in [2.45, 2.75) is 6.92 Å². The fourth-order valence-electron chi connectivity index (χ4n) is 0.553. The zero-order valence-electron chi connectivity index (χ0n) is 5.11. The van der Waals surface area contributed by atoms with Gasteiger partial charge in [-0.3, -0.25) is 0 Å². The Labute approximate surface area is 59.4 Å². The standard InChI is InChI=1S/C7H7ClN/c1-5-2-3-6(9)4-7(5)8/h2,4H,9H2,1H3. The highest BCUT2D eigenvalue weighted by Gasteiger charge is 1.92. The first-order valence-electron chi connectivity index (χ1n) is 2.63. The Hall–Kier alpha value is -0.690. The lowest BCUT2D eigenvalue weighted by Crippen LogP contribution is -1.84. The van der Waals surface area contributed by atoms with Gasteiger partial charge < -0.3 is 5.73 Å². The lowest BCUT2D eigenvalue weighted by atomic mass is 10.2. The summed E-state index contributed by atoms with van der Waals surface area (Å²) in [5.41, 5.74) is 6.98. The van der Waals surface area contributed by atoms with E-state index in [1.165, 1.54) is 0 Å². The van der Waals surface area contributed by atoms with E-state index in [4.69, 9.17) is 17.3 Å².